The quantitative estimate of drug-likeness (QED) is 0.575. The Balaban J connectivity index is 1.85. The van der Waals surface area contributed by atoms with Crippen molar-refractivity contribution in [1.82, 2.24) is 0 Å². The Labute approximate surface area is 187 Å². The average molecular weight is 475 g/mol. The third-order valence-electron chi connectivity index (χ3n) is 5.30. The van der Waals surface area contributed by atoms with Crippen molar-refractivity contribution in [1.29, 1.82) is 0 Å². The van der Waals surface area contributed by atoms with E-state index in [-0.39, 0.29) is 23.1 Å². The fraction of sp³-hybridized carbons (Fsp3) is 0.227. The Morgan fingerprint density at radius 1 is 0.938 bits per heavy atom. The first-order valence-electron chi connectivity index (χ1n) is 9.76. The third kappa shape index (κ3) is 4.03. The van der Waals surface area contributed by atoms with Gasteiger partial charge in [0.15, 0.2) is 15.6 Å². The molecule has 1 atom stereocenters. The van der Waals surface area contributed by atoms with Crippen LogP contribution in [0.4, 0.5) is 11.4 Å². The van der Waals surface area contributed by atoms with Gasteiger partial charge in [-0.05, 0) is 54.4 Å². The normalized spacial score (nSPS) is 16.7. The number of hydrogen-bond acceptors (Lipinski definition) is 6. The van der Waals surface area contributed by atoms with E-state index in [4.69, 9.17) is 4.42 Å². The average Bonchev–Trinajstić information content (AvgIpc) is 3.25. The molecule has 0 saturated carbocycles. The van der Waals surface area contributed by atoms with Crippen LogP contribution in [0.15, 0.2) is 70.2 Å². The molecule has 168 valence electrons. The fourth-order valence-corrected chi connectivity index (χ4v) is 5.77. The van der Waals surface area contributed by atoms with Crippen LogP contribution in [0.3, 0.4) is 0 Å². The predicted octanol–water partition coefficient (Wildman–Crippen LogP) is 3.17. The highest BCUT2D eigenvalue weighted by molar-refractivity contribution is 7.92. The van der Waals surface area contributed by atoms with E-state index >= 15 is 0 Å². The SMILES string of the molecule is C[C@H]1CN(C(=O)c2ccco2)c2cc(-c3ccc(S(C)(=O)=O)cc3)ccc2N1S(C)(=O)=O. The first-order valence-corrected chi connectivity index (χ1v) is 13.5. The second-order valence-electron chi connectivity index (χ2n) is 7.80. The van der Waals surface area contributed by atoms with Crippen LogP contribution in [0.25, 0.3) is 11.1 Å². The second-order valence-corrected chi connectivity index (χ2v) is 11.7. The number of sulfonamides is 1. The molecule has 4 rings (SSSR count). The van der Waals surface area contributed by atoms with Gasteiger partial charge in [-0.25, -0.2) is 16.8 Å². The molecule has 2 heterocycles. The summed E-state index contributed by atoms with van der Waals surface area (Å²) >= 11 is 0. The van der Waals surface area contributed by atoms with Gasteiger partial charge >= 0.3 is 0 Å². The molecule has 32 heavy (non-hydrogen) atoms. The first-order chi connectivity index (χ1) is 15.0. The zero-order chi connectivity index (χ0) is 23.3. The monoisotopic (exact) mass is 474 g/mol. The fourth-order valence-electron chi connectivity index (χ4n) is 3.91. The van der Waals surface area contributed by atoms with Gasteiger partial charge in [-0.3, -0.25) is 9.10 Å². The number of rotatable bonds is 4. The van der Waals surface area contributed by atoms with Gasteiger partial charge in [0.2, 0.25) is 10.0 Å². The first kappa shape index (κ1) is 22.1. The summed E-state index contributed by atoms with van der Waals surface area (Å²) in [7, 11) is -6.91. The van der Waals surface area contributed by atoms with Crippen molar-refractivity contribution < 1.29 is 26.0 Å². The molecule has 0 spiro atoms. The van der Waals surface area contributed by atoms with Crippen LogP contribution in [-0.2, 0) is 19.9 Å². The molecule has 1 aliphatic rings. The van der Waals surface area contributed by atoms with Gasteiger partial charge < -0.3 is 9.32 Å². The van der Waals surface area contributed by atoms with Gasteiger partial charge in [-0.2, -0.15) is 0 Å². The largest absolute Gasteiger partial charge is 0.459 e. The smallest absolute Gasteiger partial charge is 0.294 e. The highest BCUT2D eigenvalue weighted by Gasteiger charge is 2.37. The van der Waals surface area contributed by atoms with Crippen molar-refractivity contribution in [3.63, 3.8) is 0 Å². The molecule has 10 heteroatoms. The van der Waals surface area contributed by atoms with E-state index in [1.165, 1.54) is 27.6 Å². The van der Waals surface area contributed by atoms with Crippen molar-refractivity contribution >= 4 is 37.1 Å². The topological polar surface area (TPSA) is 105 Å². The lowest BCUT2D eigenvalue weighted by Gasteiger charge is -2.40. The lowest BCUT2D eigenvalue weighted by Crippen LogP contribution is -2.51. The van der Waals surface area contributed by atoms with E-state index in [2.05, 4.69) is 0 Å². The number of sulfone groups is 1. The van der Waals surface area contributed by atoms with E-state index in [1.54, 1.807) is 49.4 Å². The van der Waals surface area contributed by atoms with Gasteiger partial charge in [0.05, 0.1) is 34.8 Å². The molecule has 2 aromatic carbocycles. The van der Waals surface area contributed by atoms with Crippen molar-refractivity contribution in [2.75, 3.05) is 28.3 Å². The van der Waals surface area contributed by atoms with E-state index in [9.17, 15) is 21.6 Å². The molecular formula is C22H22N2O6S2. The number of carbonyl (C=O) groups is 1. The summed E-state index contributed by atoms with van der Waals surface area (Å²) in [5, 5.41) is 0. The summed E-state index contributed by atoms with van der Waals surface area (Å²) in [6.07, 6.45) is 3.68. The Morgan fingerprint density at radius 2 is 1.59 bits per heavy atom. The maximum Gasteiger partial charge on any atom is 0.294 e. The van der Waals surface area contributed by atoms with Crippen molar-refractivity contribution in [2.45, 2.75) is 17.9 Å². The zero-order valence-corrected chi connectivity index (χ0v) is 19.4. The van der Waals surface area contributed by atoms with Crippen LogP contribution >= 0.6 is 0 Å². The van der Waals surface area contributed by atoms with Crippen LogP contribution in [0, 0.1) is 0 Å². The molecule has 1 aliphatic heterocycles. The number of benzene rings is 2. The second kappa shape index (κ2) is 7.79. The summed E-state index contributed by atoms with van der Waals surface area (Å²) in [6, 6.07) is 14.2. The standard InChI is InChI=1S/C22H22N2O6S2/c1-15-14-23(22(25)21-5-4-12-30-21)20-13-17(8-11-19(20)24(15)32(3,28)29)16-6-9-18(10-7-16)31(2,26)27/h4-13,15H,14H2,1-3H3/t15-/m0/s1. The Hall–Kier alpha value is -3.11. The van der Waals surface area contributed by atoms with Gasteiger partial charge in [0.25, 0.3) is 5.91 Å². The van der Waals surface area contributed by atoms with E-state index in [0.717, 1.165) is 18.1 Å². The highest BCUT2D eigenvalue weighted by atomic mass is 32.2. The Bertz CT molecular complexity index is 1380. The van der Waals surface area contributed by atoms with E-state index in [0.29, 0.717) is 16.9 Å². The Morgan fingerprint density at radius 3 is 2.16 bits per heavy atom. The molecule has 0 N–H and O–H groups in total. The van der Waals surface area contributed by atoms with Gasteiger partial charge in [0.1, 0.15) is 0 Å². The minimum atomic E-state index is -3.59. The van der Waals surface area contributed by atoms with Crippen LogP contribution < -0.4 is 9.21 Å². The number of fused-ring (bicyclic) bond motifs is 1. The molecule has 0 fully saturated rings. The number of hydrogen-bond donors (Lipinski definition) is 0. The minimum Gasteiger partial charge on any atom is -0.459 e. The molecule has 1 aromatic heterocycles. The van der Waals surface area contributed by atoms with Gasteiger partial charge in [-0.1, -0.05) is 18.2 Å². The molecule has 8 nitrogen and oxygen atoms in total. The summed E-state index contributed by atoms with van der Waals surface area (Å²) in [5.41, 5.74) is 2.27. The molecule has 0 aliphatic carbocycles. The minimum absolute atomic E-state index is 0.149. The summed E-state index contributed by atoms with van der Waals surface area (Å²) in [5.74, 6) is -0.223. The maximum absolute atomic E-state index is 13.1. The predicted molar refractivity (Wildman–Crippen MR) is 122 cm³/mol. The highest BCUT2D eigenvalue weighted by Crippen LogP contribution is 2.40. The van der Waals surface area contributed by atoms with Gasteiger partial charge in [-0.15, -0.1) is 0 Å². The lowest BCUT2D eigenvalue weighted by atomic mass is 10.0. The van der Waals surface area contributed by atoms with Crippen molar-refractivity contribution in [3.05, 3.63) is 66.6 Å². The molecule has 0 bridgehead atoms. The summed E-state index contributed by atoms with van der Waals surface area (Å²) in [6.45, 7) is 1.89. The van der Waals surface area contributed by atoms with Crippen LogP contribution in [0.1, 0.15) is 17.5 Å². The third-order valence-corrected chi connectivity index (χ3v) is 7.70. The zero-order valence-electron chi connectivity index (χ0n) is 17.7. The van der Waals surface area contributed by atoms with E-state index in [1.807, 2.05) is 0 Å². The number of amides is 1. The number of nitrogens with zero attached hydrogens (tertiary/aromatic N) is 2. The summed E-state index contributed by atoms with van der Waals surface area (Å²) in [4.78, 5) is 14.8. The van der Waals surface area contributed by atoms with Crippen LogP contribution in [0.2, 0.25) is 0 Å². The lowest BCUT2D eigenvalue weighted by molar-refractivity contribution is 0.0958. The molecular weight excluding hydrogens is 452 g/mol. The molecule has 0 saturated heterocycles. The van der Waals surface area contributed by atoms with Crippen molar-refractivity contribution in [2.24, 2.45) is 0 Å². The molecule has 3 aromatic rings. The number of anilines is 2. The number of furan rings is 1. The van der Waals surface area contributed by atoms with Crippen LogP contribution in [-0.4, -0.2) is 47.8 Å². The number of carbonyl (C=O) groups excluding carboxylic acids is 1. The van der Waals surface area contributed by atoms with Crippen molar-refractivity contribution in [3.8, 4) is 11.1 Å². The summed E-state index contributed by atoms with van der Waals surface area (Å²) < 4.78 is 55.1. The molecule has 0 unspecified atom stereocenters. The molecule has 1 amide bonds. The maximum atomic E-state index is 13.1. The molecule has 0 radical (unpaired) electrons. The van der Waals surface area contributed by atoms with Crippen LogP contribution in [0.5, 0.6) is 0 Å². The Kier molecular flexibility index (Phi) is 5.38. The van der Waals surface area contributed by atoms with E-state index < -0.39 is 25.9 Å². The van der Waals surface area contributed by atoms with Gasteiger partial charge in [0, 0.05) is 12.8 Å².